The lowest BCUT2D eigenvalue weighted by Gasteiger charge is -2.33. The van der Waals surface area contributed by atoms with E-state index in [0.717, 1.165) is 29.5 Å². The van der Waals surface area contributed by atoms with Gasteiger partial charge < -0.3 is 5.32 Å². The molecule has 3 rings (SSSR count). The summed E-state index contributed by atoms with van der Waals surface area (Å²) in [6.45, 7) is 1.59. The molecule has 1 aliphatic rings. The van der Waals surface area contributed by atoms with Gasteiger partial charge in [-0.15, -0.1) is 0 Å². The van der Waals surface area contributed by atoms with Crippen molar-refractivity contribution in [3.8, 4) is 0 Å². The maximum Gasteiger partial charge on any atom is 0.126 e. The molecule has 0 saturated carbocycles. The first kappa shape index (κ1) is 14.7. The normalized spacial score (nSPS) is 22.2. The van der Waals surface area contributed by atoms with Gasteiger partial charge >= 0.3 is 0 Å². The number of rotatable bonds is 2. The highest BCUT2D eigenvalue weighted by molar-refractivity contribution is 9.10. The van der Waals surface area contributed by atoms with Crippen LogP contribution in [0, 0.1) is 11.6 Å². The van der Waals surface area contributed by atoms with Crippen LogP contribution in [0.3, 0.4) is 0 Å². The summed E-state index contributed by atoms with van der Waals surface area (Å²) in [6.07, 6.45) is 0.798. The first-order chi connectivity index (χ1) is 10.2. The van der Waals surface area contributed by atoms with Gasteiger partial charge in [-0.1, -0.05) is 34.1 Å². The molecule has 110 valence electrons. The second-order valence-corrected chi connectivity index (χ2v) is 6.25. The molecule has 1 fully saturated rings. The predicted molar refractivity (Wildman–Crippen MR) is 83.5 cm³/mol. The Kier molecular flexibility index (Phi) is 4.36. The van der Waals surface area contributed by atoms with Crippen molar-refractivity contribution in [3.63, 3.8) is 0 Å². The highest BCUT2D eigenvalue weighted by atomic mass is 79.9. The second-order valence-electron chi connectivity index (χ2n) is 5.39. The van der Waals surface area contributed by atoms with Crippen LogP contribution in [0.15, 0.2) is 46.9 Å². The van der Waals surface area contributed by atoms with Gasteiger partial charge in [0.2, 0.25) is 0 Å². The van der Waals surface area contributed by atoms with Crippen LogP contribution in [0.25, 0.3) is 0 Å². The van der Waals surface area contributed by atoms with Crippen molar-refractivity contribution < 1.29 is 8.78 Å². The number of piperidine rings is 1. The lowest BCUT2D eigenvalue weighted by atomic mass is 9.77. The number of halogens is 3. The number of benzene rings is 2. The monoisotopic (exact) mass is 351 g/mol. The molecule has 0 radical (unpaired) electrons. The van der Waals surface area contributed by atoms with E-state index in [1.165, 1.54) is 18.2 Å². The minimum atomic E-state index is -0.379. The average Bonchev–Trinajstić information content (AvgIpc) is 2.50. The summed E-state index contributed by atoms with van der Waals surface area (Å²) in [6, 6.07) is 11.7. The highest BCUT2D eigenvalue weighted by Crippen LogP contribution is 2.40. The van der Waals surface area contributed by atoms with E-state index < -0.39 is 0 Å². The molecule has 1 N–H and O–H groups in total. The van der Waals surface area contributed by atoms with Gasteiger partial charge in [0.05, 0.1) is 0 Å². The first-order valence-corrected chi connectivity index (χ1v) is 7.86. The lowest BCUT2D eigenvalue weighted by Crippen LogP contribution is -2.34. The Bertz CT molecular complexity index is 644. The molecule has 0 aliphatic carbocycles. The van der Waals surface area contributed by atoms with Crippen LogP contribution in [0.5, 0.6) is 0 Å². The molecule has 0 aromatic heterocycles. The van der Waals surface area contributed by atoms with Crippen LogP contribution in [0.1, 0.15) is 29.4 Å². The topological polar surface area (TPSA) is 12.0 Å². The van der Waals surface area contributed by atoms with Crippen LogP contribution in [0.4, 0.5) is 8.78 Å². The van der Waals surface area contributed by atoms with Crippen LogP contribution in [0.2, 0.25) is 0 Å². The molecular weight excluding hydrogens is 336 g/mol. The summed E-state index contributed by atoms with van der Waals surface area (Å²) in [5, 5.41) is 3.36. The minimum absolute atomic E-state index is 0.0133. The Hall–Kier alpha value is -1.26. The molecule has 0 amide bonds. The lowest BCUT2D eigenvalue weighted by molar-refractivity contribution is 0.391. The van der Waals surface area contributed by atoms with Gasteiger partial charge in [-0.05, 0) is 54.3 Å². The SMILES string of the molecule is Fc1ccc(F)c(C2CCNCC2c2ccccc2Br)c1. The van der Waals surface area contributed by atoms with Crippen molar-refractivity contribution in [3.05, 3.63) is 69.7 Å². The number of nitrogens with one attached hydrogen (secondary N) is 1. The Labute approximate surface area is 131 Å². The zero-order valence-electron chi connectivity index (χ0n) is 11.5. The van der Waals surface area contributed by atoms with Gasteiger partial charge in [-0.25, -0.2) is 8.78 Å². The van der Waals surface area contributed by atoms with Gasteiger partial charge in [-0.3, -0.25) is 0 Å². The molecule has 1 saturated heterocycles. The van der Waals surface area contributed by atoms with E-state index in [1.807, 2.05) is 24.3 Å². The Balaban J connectivity index is 2.02. The molecule has 2 aromatic carbocycles. The van der Waals surface area contributed by atoms with Gasteiger partial charge in [-0.2, -0.15) is 0 Å². The minimum Gasteiger partial charge on any atom is -0.316 e. The van der Waals surface area contributed by atoms with E-state index in [9.17, 15) is 8.78 Å². The zero-order chi connectivity index (χ0) is 14.8. The second kappa shape index (κ2) is 6.24. The summed E-state index contributed by atoms with van der Waals surface area (Å²) < 4.78 is 28.7. The molecule has 1 heterocycles. The summed E-state index contributed by atoms with van der Waals surface area (Å²) in [5.41, 5.74) is 1.62. The van der Waals surface area contributed by atoms with E-state index in [0.29, 0.717) is 5.56 Å². The molecule has 4 heteroatoms. The molecule has 2 aromatic rings. The van der Waals surface area contributed by atoms with Crippen LogP contribution >= 0.6 is 15.9 Å². The third kappa shape index (κ3) is 3.01. The van der Waals surface area contributed by atoms with Crippen molar-refractivity contribution in [1.82, 2.24) is 5.32 Å². The Morgan fingerprint density at radius 2 is 1.81 bits per heavy atom. The van der Waals surface area contributed by atoms with Gasteiger partial charge in [0.25, 0.3) is 0 Å². The number of hydrogen-bond donors (Lipinski definition) is 1. The van der Waals surface area contributed by atoms with Crippen LogP contribution in [-0.4, -0.2) is 13.1 Å². The maximum atomic E-state index is 14.1. The van der Waals surface area contributed by atoms with E-state index in [4.69, 9.17) is 0 Å². The van der Waals surface area contributed by atoms with Crippen molar-refractivity contribution in [2.75, 3.05) is 13.1 Å². The van der Waals surface area contributed by atoms with Crippen LogP contribution in [-0.2, 0) is 0 Å². The smallest absolute Gasteiger partial charge is 0.126 e. The molecule has 0 spiro atoms. The fourth-order valence-electron chi connectivity index (χ4n) is 3.13. The highest BCUT2D eigenvalue weighted by Gasteiger charge is 2.30. The van der Waals surface area contributed by atoms with Gasteiger partial charge in [0.15, 0.2) is 0 Å². The molecule has 1 aliphatic heterocycles. The van der Waals surface area contributed by atoms with E-state index in [1.54, 1.807) is 0 Å². The summed E-state index contributed by atoms with van der Waals surface area (Å²) in [4.78, 5) is 0. The molecule has 21 heavy (non-hydrogen) atoms. The molecule has 0 bridgehead atoms. The molecule has 2 unspecified atom stereocenters. The Morgan fingerprint density at radius 3 is 2.62 bits per heavy atom. The van der Waals surface area contributed by atoms with Crippen molar-refractivity contribution in [2.45, 2.75) is 18.3 Å². The molecule has 2 atom stereocenters. The van der Waals surface area contributed by atoms with Crippen molar-refractivity contribution >= 4 is 15.9 Å². The molecular formula is C17H16BrF2N. The van der Waals surface area contributed by atoms with E-state index in [2.05, 4.69) is 21.2 Å². The Morgan fingerprint density at radius 1 is 1.00 bits per heavy atom. The third-order valence-corrected chi connectivity index (χ3v) is 4.87. The van der Waals surface area contributed by atoms with E-state index >= 15 is 0 Å². The maximum absolute atomic E-state index is 14.1. The van der Waals surface area contributed by atoms with Crippen LogP contribution < -0.4 is 5.32 Å². The van der Waals surface area contributed by atoms with Gasteiger partial charge in [0, 0.05) is 16.9 Å². The average molecular weight is 352 g/mol. The fourth-order valence-corrected chi connectivity index (χ4v) is 3.71. The quantitative estimate of drug-likeness (QED) is 0.834. The van der Waals surface area contributed by atoms with Crippen molar-refractivity contribution in [2.24, 2.45) is 0 Å². The van der Waals surface area contributed by atoms with Gasteiger partial charge in [0.1, 0.15) is 11.6 Å². The first-order valence-electron chi connectivity index (χ1n) is 7.07. The molecule has 1 nitrogen and oxygen atoms in total. The van der Waals surface area contributed by atoms with Crippen molar-refractivity contribution in [1.29, 1.82) is 0 Å². The largest absolute Gasteiger partial charge is 0.316 e. The van der Waals surface area contributed by atoms with E-state index in [-0.39, 0.29) is 23.5 Å². The number of hydrogen-bond acceptors (Lipinski definition) is 1. The summed E-state index contributed by atoms with van der Waals surface area (Å²) in [7, 11) is 0. The third-order valence-electron chi connectivity index (χ3n) is 4.14. The standard InChI is InChI=1S/C17H16BrF2N/c18-16-4-2-1-3-13(16)15-10-21-8-7-12(15)14-9-11(19)5-6-17(14)20/h1-6,9,12,15,21H,7-8,10H2. The predicted octanol–water partition coefficient (Wildman–Crippen LogP) is 4.59. The summed E-state index contributed by atoms with van der Waals surface area (Å²) in [5.74, 6) is -0.581. The zero-order valence-corrected chi connectivity index (χ0v) is 13.0. The fraction of sp³-hybridized carbons (Fsp3) is 0.294. The summed E-state index contributed by atoms with van der Waals surface area (Å²) >= 11 is 3.57.